The lowest BCUT2D eigenvalue weighted by molar-refractivity contribution is 0.0467. The lowest BCUT2D eigenvalue weighted by Crippen LogP contribution is -2.40. The summed E-state index contributed by atoms with van der Waals surface area (Å²) in [6.45, 7) is 4.06. The van der Waals surface area contributed by atoms with E-state index in [4.69, 9.17) is 13.9 Å². The summed E-state index contributed by atoms with van der Waals surface area (Å²) >= 11 is 0. The Balaban J connectivity index is 1.50. The molecule has 0 spiro atoms. The van der Waals surface area contributed by atoms with E-state index in [9.17, 15) is 18.0 Å². The Labute approximate surface area is 185 Å². The number of hydrogen-bond acceptors (Lipinski definition) is 7. The first-order valence-corrected chi connectivity index (χ1v) is 11.6. The fourth-order valence-corrected chi connectivity index (χ4v) is 5.31. The molecule has 2 aromatic carbocycles. The number of Topliss-reactive ketones (excluding diaryl/α,β-unsaturated/α-hetero) is 1. The molecule has 0 radical (unpaired) electrons. The van der Waals surface area contributed by atoms with Gasteiger partial charge in [0.25, 0.3) is 0 Å². The number of para-hydroxylation sites is 1. The van der Waals surface area contributed by atoms with E-state index in [-0.39, 0.29) is 29.3 Å². The molecule has 8 nitrogen and oxygen atoms in total. The van der Waals surface area contributed by atoms with E-state index in [1.807, 2.05) is 12.1 Å². The van der Waals surface area contributed by atoms with Crippen LogP contribution >= 0.6 is 0 Å². The van der Waals surface area contributed by atoms with Crippen molar-refractivity contribution in [2.75, 3.05) is 32.9 Å². The van der Waals surface area contributed by atoms with Gasteiger partial charge in [0.1, 0.15) is 5.58 Å². The van der Waals surface area contributed by atoms with Crippen LogP contribution < -0.4 is 0 Å². The molecule has 1 aromatic heterocycles. The van der Waals surface area contributed by atoms with E-state index in [1.165, 1.54) is 16.4 Å². The summed E-state index contributed by atoms with van der Waals surface area (Å²) in [6.07, 6.45) is 0. The van der Waals surface area contributed by atoms with Gasteiger partial charge in [-0.15, -0.1) is 0 Å². The second-order valence-electron chi connectivity index (χ2n) is 7.55. The zero-order chi connectivity index (χ0) is 22.9. The monoisotopic (exact) mass is 457 g/mol. The van der Waals surface area contributed by atoms with Crippen molar-refractivity contribution in [3.05, 3.63) is 64.9 Å². The fraction of sp³-hybridized carbons (Fsp3) is 0.304. The lowest BCUT2D eigenvalue weighted by Gasteiger charge is -2.26. The van der Waals surface area contributed by atoms with Gasteiger partial charge >= 0.3 is 5.97 Å². The minimum absolute atomic E-state index is 0.0355. The van der Waals surface area contributed by atoms with Gasteiger partial charge in [0, 0.05) is 24.0 Å². The maximum Gasteiger partial charge on any atom is 0.338 e. The van der Waals surface area contributed by atoms with E-state index in [0.717, 1.165) is 5.39 Å². The lowest BCUT2D eigenvalue weighted by atomic mass is 10.1. The maximum absolute atomic E-state index is 13.0. The zero-order valence-electron chi connectivity index (χ0n) is 17.8. The average Bonchev–Trinajstić information content (AvgIpc) is 3.14. The summed E-state index contributed by atoms with van der Waals surface area (Å²) in [5, 5.41) is 0.818. The SMILES string of the molecule is Cc1ccc(C(=O)OCC(=O)c2oc3ccccc3c2C)cc1S(=O)(=O)N1CCOCC1. The second kappa shape index (κ2) is 8.85. The molecule has 1 aliphatic rings. The molecular formula is C23H23NO7S. The van der Waals surface area contributed by atoms with Crippen LogP contribution in [0.1, 0.15) is 32.0 Å². The fourth-order valence-electron chi connectivity index (χ4n) is 3.65. The highest BCUT2D eigenvalue weighted by Crippen LogP contribution is 2.26. The van der Waals surface area contributed by atoms with E-state index >= 15 is 0 Å². The largest absolute Gasteiger partial charge is 0.454 e. The number of esters is 1. The van der Waals surface area contributed by atoms with Gasteiger partial charge in [-0.2, -0.15) is 4.31 Å². The van der Waals surface area contributed by atoms with Crippen LogP contribution in [0.15, 0.2) is 51.8 Å². The first-order valence-electron chi connectivity index (χ1n) is 10.2. The minimum atomic E-state index is -3.78. The standard InChI is InChI=1S/C23H23NO7S/c1-15-7-8-17(13-21(15)32(27,28)24-9-11-29-12-10-24)23(26)30-14-19(25)22-16(2)18-5-3-4-6-20(18)31-22/h3-8,13H,9-12,14H2,1-2H3. The molecular weight excluding hydrogens is 434 g/mol. The molecule has 32 heavy (non-hydrogen) atoms. The topological polar surface area (TPSA) is 103 Å². The molecule has 0 aliphatic carbocycles. The molecule has 168 valence electrons. The van der Waals surface area contributed by atoms with Crippen LogP contribution in [0.3, 0.4) is 0 Å². The molecule has 3 aromatic rings. The quantitative estimate of drug-likeness (QED) is 0.414. The van der Waals surface area contributed by atoms with Gasteiger partial charge in [-0.05, 0) is 37.6 Å². The number of rotatable bonds is 6. The molecule has 0 bridgehead atoms. The Kier molecular flexibility index (Phi) is 6.14. The average molecular weight is 458 g/mol. The number of benzene rings is 2. The van der Waals surface area contributed by atoms with Crippen LogP contribution in [0.25, 0.3) is 11.0 Å². The summed E-state index contributed by atoms with van der Waals surface area (Å²) in [6, 6.07) is 11.6. The van der Waals surface area contributed by atoms with Crippen LogP contribution in [0.4, 0.5) is 0 Å². The van der Waals surface area contributed by atoms with Crippen molar-refractivity contribution in [3.8, 4) is 0 Å². The van der Waals surface area contributed by atoms with E-state index in [2.05, 4.69) is 0 Å². The molecule has 0 amide bonds. The number of furan rings is 1. The van der Waals surface area contributed by atoms with Gasteiger partial charge in [0.2, 0.25) is 15.8 Å². The van der Waals surface area contributed by atoms with Gasteiger partial charge in [-0.25, -0.2) is 13.2 Å². The summed E-state index contributed by atoms with van der Waals surface area (Å²) in [7, 11) is -3.78. The normalized spacial score (nSPS) is 15.1. The summed E-state index contributed by atoms with van der Waals surface area (Å²) in [5.74, 6) is -1.12. The molecule has 0 unspecified atom stereocenters. The Morgan fingerprint density at radius 2 is 1.78 bits per heavy atom. The van der Waals surface area contributed by atoms with Crippen molar-refractivity contribution in [3.63, 3.8) is 0 Å². The summed E-state index contributed by atoms with van der Waals surface area (Å²) in [5.41, 5.74) is 1.82. The van der Waals surface area contributed by atoms with E-state index in [1.54, 1.807) is 32.0 Å². The third-order valence-electron chi connectivity index (χ3n) is 5.44. The Hall–Kier alpha value is -3.01. The Bertz CT molecular complexity index is 1290. The number of carbonyl (C=O) groups excluding carboxylic acids is 2. The van der Waals surface area contributed by atoms with Crippen molar-refractivity contribution in [1.29, 1.82) is 0 Å². The molecule has 0 saturated carbocycles. The van der Waals surface area contributed by atoms with E-state index in [0.29, 0.717) is 29.9 Å². The van der Waals surface area contributed by atoms with Crippen molar-refractivity contribution in [1.82, 2.24) is 4.31 Å². The van der Waals surface area contributed by atoms with Crippen LogP contribution in [0, 0.1) is 13.8 Å². The molecule has 1 fully saturated rings. The van der Waals surface area contributed by atoms with Crippen LogP contribution in [0.2, 0.25) is 0 Å². The van der Waals surface area contributed by atoms with Gasteiger partial charge in [0.05, 0.1) is 23.7 Å². The van der Waals surface area contributed by atoms with Crippen LogP contribution in [0.5, 0.6) is 0 Å². The zero-order valence-corrected chi connectivity index (χ0v) is 18.6. The number of hydrogen-bond donors (Lipinski definition) is 0. The van der Waals surface area contributed by atoms with Crippen molar-refractivity contribution >= 4 is 32.7 Å². The number of morpholine rings is 1. The highest BCUT2D eigenvalue weighted by Gasteiger charge is 2.29. The predicted molar refractivity (Wildman–Crippen MR) is 116 cm³/mol. The molecule has 4 rings (SSSR count). The highest BCUT2D eigenvalue weighted by atomic mass is 32.2. The maximum atomic E-state index is 13.0. The smallest absolute Gasteiger partial charge is 0.338 e. The molecule has 2 heterocycles. The molecule has 1 aliphatic heterocycles. The van der Waals surface area contributed by atoms with Crippen molar-refractivity contribution in [2.24, 2.45) is 0 Å². The Morgan fingerprint density at radius 3 is 2.50 bits per heavy atom. The van der Waals surface area contributed by atoms with Crippen LogP contribution in [-0.4, -0.2) is 57.4 Å². The molecule has 0 atom stereocenters. The number of sulfonamides is 1. The highest BCUT2D eigenvalue weighted by molar-refractivity contribution is 7.89. The number of fused-ring (bicyclic) bond motifs is 1. The van der Waals surface area contributed by atoms with E-state index < -0.39 is 28.4 Å². The number of ketones is 1. The van der Waals surface area contributed by atoms with Crippen molar-refractivity contribution < 1.29 is 31.9 Å². The van der Waals surface area contributed by atoms with Gasteiger partial charge in [-0.3, -0.25) is 4.79 Å². The third kappa shape index (κ3) is 4.19. The number of ether oxygens (including phenoxy) is 2. The van der Waals surface area contributed by atoms with Crippen LogP contribution in [-0.2, 0) is 19.5 Å². The van der Waals surface area contributed by atoms with Gasteiger partial charge in [0.15, 0.2) is 12.4 Å². The summed E-state index contributed by atoms with van der Waals surface area (Å²) in [4.78, 5) is 25.2. The second-order valence-corrected chi connectivity index (χ2v) is 9.45. The minimum Gasteiger partial charge on any atom is -0.454 e. The number of aryl methyl sites for hydroxylation is 2. The summed E-state index contributed by atoms with van der Waals surface area (Å²) < 4.78 is 43.4. The molecule has 1 saturated heterocycles. The number of nitrogens with zero attached hydrogens (tertiary/aromatic N) is 1. The first kappa shape index (κ1) is 22.2. The van der Waals surface area contributed by atoms with Gasteiger partial charge < -0.3 is 13.9 Å². The molecule has 9 heteroatoms. The third-order valence-corrected chi connectivity index (χ3v) is 7.48. The Morgan fingerprint density at radius 1 is 1.06 bits per heavy atom. The van der Waals surface area contributed by atoms with Gasteiger partial charge in [-0.1, -0.05) is 24.3 Å². The molecule has 0 N–H and O–H groups in total. The predicted octanol–water partition coefficient (Wildman–Crippen LogP) is 3.11. The van der Waals surface area contributed by atoms with Crippen molar-refractivity contribution in [2.45, 2.75) is 18.7 Å². The number of carbonyl (C=O) groups is 2. The first-order chi connectivity index (χ1) is 15.3.